The molecule has 0 atom stereocenters. The number of nitrogens with zero attached hydrogens (tertiary/aromatic N) is 1. The zero-order valence-electron chi connectivity index (χ0n) is 14.6. The fourth-order valence-corrected chi connectivity index (χ4v) is 2.79. The lowest BCUT2D eigenvalue weighted by Gasteiger charge is -2.21. The summed E-state index contributed by atoms with van der Waals surface area (Å²) in [7, 11) is 0. The molecule has 0 aromatic carbocycles. The van der Waals surface area contributed by atoms with Gasteiger partial charge < -0.3 is 16.4 Å². The van der Waals surface area contributed by atoms with Gasteiger partial charge in [0, 0.05) is 0 Å². The molecule has 0 saturated heterocycles. The molecule has 0 amide bonds. The largest absolute Gasteiger partial charge is 0.330 e. The molecule has 3 heteroatoms. The second-order valence-electron chi connectivity index (χ2n) is 6.31. The highest BCUT2D eigenvalue weighted by Crippen LogP contribution is 2.11. The lowest BCUT2D eigenvalue weighted by Crippen LogP contribution is -2.29. The Hall–Kier alpha value is -0.120. The summed E-state index contributed by atoms with van der Waals surface area (Å²) < 4.78 is 0. The molecule has 0 fully saturated rings. The molecule has 0 saturated carbocycles. The maximum absolute atomic E-state index is 5.61. The van der Waals surface area contributed by atoms with Crippen molar-refractivity contribution in [1.29, 1.82) is 0 Å². The summed E-state index contributed by atoms with van der Waals surface area (Å²) in [6.07, 6.45) is 16.3. The molecule has 128 valence electrons. The fraction of sp³-hybridized carbons (Fsp3) is 1.00. The summed E-state index contributed by atoms with van der Waals surface area (Å²) in [5, 5.41) is 0. The predicted octanol–water partition coefficient (Wildman–Crippen LogP) is 3.91. The summed E-state index contributed by atoms with van der Waals surface area (Å²) in [4.78, 5) is 2.55. The minimum atomic E-state index is 0.803. The molecule has 0 spiro atoms. The topological polar surface area (TPSA) is 55.3 Å². The highest BCUT2D eigenvalue weighted by atomic mass is 15.1. The number of rotatable bonds is 17. The summed E-state index contributed by atoms with van der Waals surface area (Å²) >= 11 is 0. The molecule has 0 aromatic heterocycles. The zero-order valence-corrected chi connectivity index (χ0v) is 14.6. The third-order valence-corrected chi connectivity index (χ3v) is 4.18. The van der Waals surface area contributed by atoms with Gasteiger partial charge in [0.1, 0.15) is 0 Å². The molecular formula is C18H41N3. The first kappa shape index (κ1) is 20.9. The van der Waals surface area contributed by atoms with Crippen molar-refractivity contribution in [2.24, 2.45) is 11.5 Å². The van der Waals surface area contributed by atoms with E-state index in [9.17, 15) is 0 Å². The Morgan fingerprint density at radius 3 is 1.33 bits per heavy atom. The highest BCUT2D eigenvalue weighted by molar-refractivity contribution is 4.60. The van der Waals surface area contributed by atoms with Gasteiger partial charge in [-0.05, 0) is 52.0 Å². The molecule has 4 N–H and O–H groups in total. The molecule has 0 radical (unpaired) electrons. The van der Waals surface area contributed by atoms with E-state index in [1.807, 2.05) is 0 Å². The van der Waals surface area contributed by atoms with Gasteiger partial charge in [-0.1, -0.05) is 64.7 Å². The quantitative estimate of drug-likeness (QED) is 0.400. The monoisotopic (exact) mass is 299 g/mol. The van der Waals surface area contributed by atoms with Crippen molar-refractivity contribution in [3.8, 4) is 0 Å². The van der Waals surface area contributed by atoms with E-state index in [2.05, 4.69) is 11.8 Å². The molecule has 0 unspecified atom stereocenters. The van der Waals surface area contributed by atoms with Gasteiger partial charge in [-0.25, -0.2) is 0 Å². The molecule has 0 heterocycles. The van der Waals surface area contributed by atoms with Gasteiger partial charge in [-0.15, -0.1) is 0 Å². The lowest BCUT2D eigenvalue weighted by molar-refractivity contribution is 0.263. The van der Waals surface area contributed by atoms with Gasteiger partial charge in [0.25, 0.3) is 0 Å². The first-order valence-electron chi connectivity index (χ1n) is 9.47. The summed E-state index contributed by atoms with van der Waals surface area (Å²) in [5.74, 6) is 0. The second-order valence-corrected chi connectivity index (χ2v) is 6.31. The average molecular weight is 300 g/mol. The average Bonchev–Trinajstić information content (AvgIpc) is 2.51. The van der Waals surface area contributed by atoms with Crippen LogP contribution in [0.1, 0.15) is 84.0 Å². The minimum Gasteiger partial charge on any atom is -0.330 e. The number of nitrogens with two attached hydrogens (primary N) is 2. The van der Waals surface area contributed by atoms with Crippen molar-refractivity contribution in [2.45, 2.75) is 84.0 Å². The Bertz CT molecular complexity index is 177. The summed E-state index contributed by atoms with van der Waals surface area (Å²) in [5.41, 5.74) is 11.2. The van der Waals surface area contributed by atoms with E-state index in [-0.39, 0.29) is 0 Å². The van der Waals surface area contributed by atoms with Crippen LogP contribution in [0, 0.1) is 0 Å². The van der Waals surface area contributed by atoms with E-state index in [1.54, 1.807) is 0 Å². The van der Waals surface area contributed by atoms with Gasteiger partial charge in [0.2, 0.25) is 0 Å². The van der Waals surface area contributed by atoms with Crippen molar-refractivity contribution < 1.29 is 0 Å². The van der Waals surface area contributed by atoms with E-state index in [0.29, 0.717) is 0 Å². The maximum atomic E-state index is 5.61. The molecule has 21 heavy (non-hydrogen) atoms. The third kappa shape index (κ3) is 16.1. The molecule has 0 rings (SSSR count). The van der Waals surface area contributed by atoms with Gasteiger partial charge >= 0.3 is 0 Å². The number of unbranched alkanes of at least 4 members (excludes halogenated alkanes) is 9. The molecule has 0 aliphatic heterocycles. The lowest BCUT2D eigenvalue weighted by atomic mass is 10.1. The zero-order chi connectivity index (χ0) is 15.6. The van der Waals surface area contributed by atoms with Crippen LogP contribution in [0.4, 0.5) is 0 Å². The molecule has 0 aromatic rings. The van der Waals surface area contributed by atoms with E-state index in [0.717, 1.165) is 39.0 Å². The van der Waals surface area contributed by atoms with Gasteiger partial charge in [0.05, 0.1) is 0 Å². The molecule has 0 bridgehead atoms. The summed E-state index contributed by atoms with van der Waals surface area (Å²) in [6, 6.07) is 0. The number of hydrogen-bond acceptors (Lipinski definition) is 3. The smallest absolute Gasteiger partial charge is 0.000671 e. The first-order valence-corrected chi connectivity index (χ1v) is 9.47. The Morgan fingerprint density at radius 1 is 0.524 bits per heavy atom. The van der Waals surface area contributed by atoms with Crippen LogP contribution < -0.4 is 11.5 Å². The SMILES string of the molecule is CCCCCCCCCCCCN(CCCN)CCCN. The summed E-state index contributed by atoms with van der Waals surface area (Å²) in [6.45, 7) is 7.41. The second kappa shape index (κ2) is 17.9. The standard InChI is InChI=1S/C18H41N3/c1-2-3-4-5-6-7-8-9-10-11-16-21(17-12-14-19)18-13-15-20/h2-20H2,1H3. The van der Waals surface area contributed by atoms with Crippen LogP contribution in [0.5, 0.6) is 0 Å². The van der Waals surface area contributed by atoms with E-state index in [4.69, 9.17) is 11.5 Å². The van der Waals surface area contributed by atoms with Gasteiger partial charge in [-0.2, -0.15) is 0 Å². The van der Waals surface area contributed by atoms with Gasteiger partial charge in [-0.3, -0.25) is 0 Å². The first-order chi connectivity index (χ1) is 10.3. The van der Waals surface area contributed by atoms with Crippen LogP contribution in [-0.4, -0.2) is 37.6 Å². The van der Waals surface area contributed by atoms with Crippen LogP contribution >= 0.6 is 0 Å². The highest BCUT2D eigenvalue weighted by Gasteiger charge is 2.03. The molecule has 3 nitrogen and oxygen atoms in total. The maximum Gasteiger partial charge on any atom is -0.000671 e. The van der Waals surface area contributed by atoms with Crippen LogP contribution in [0.25, 0.3) is 0 Å². The van der Waals surface area contributed by atoms with E-state index >= 15 is 0 Å². The predicted molar refractivity (Wildman–Crippen MR) is 95.6 cm³/mol. The van der Waals surface area contributed by atoms with Crippen LogP contribution in [-0.2, 0) is 0 Å². The van der Waals surface area contributed by atoms with E-state index in [1.165, 1.54) is 70.8 Å². The van der Waals surface area contributed by atoms with Crippen molar-refractivity contribution in [3.05, 3.63) is 0 Å². The Labute approximate surface area is 133 Å². The van der Waals surface area contributed by atoms with Crippen LogP contribution in [0.3, 0.4) is 0 Å². The minimum absolute atomic E-state index is 0.803. The fourth-order valence-electron chi connectivity index (χ4n) is 2.79. The van der Waals surface area contributed by atoms with E-state index < -0.39 is 0 Å². The Morgan fingerprint density at radius 2 is 0.905 bits per heavy atom. The van der Waals surface area contributed by atoms with Gasteiger partial charge in [0.15, 0.2) is 0 Å². The van der Waals surface area contributed by atoms with Crippen molar-refractivity contribution in [1.82, 2.24) is 4.90 Å². The van der Waals surface area contributed by atoms with Crippen molar-refractivity contribution in [2.75, 3.05) is 32.7 Å². The van der Waals surface area contributed by atoms with Crippen LogP contribution in [0.2, 0.25) is 0 Å². The van der Waals surface area contributed by atoms with Crippen molar-refractivity contribution >= 4 is 0 Å². The molecule has 0 aliphatic carbocycles. The van der Waals surface area contributed by atoms with Crippen molar-refractivity contribution in [3.63, 3.8) is 0 Å². The molecular weight excluding hydrogens is 258 g/mol. The molecule has 0 aliphatic rings. The normalized spacial score (nSPS) is 11.4. The Kier molecular flexibility index (Phi) is 17.8. The Balaban J connectivity index is 3.35. The van der Waals surface area contributed by atoms with Crippen LogP contribution in [0.15, 0.2) is 0 Å². The third-order valence-electron chi connectivity index (χ3n) is 4.18. The number of hydrogen-bond donors (Lipinski definition) is 2.